The van der Waals surface area contributed by atoms with Crippen molar-refractivity contribution in [2.24, 2.45) is 0 Å². The Kier molecular flexibility index (Phi) is 10.1. The number of nitrogens with one attached hydrogen (secondary N) is 3. The monoisotopic (exact) mass is 470 g/mol. The summed E-state index contributed by atoms with van der Waals surface area (Å²) >= 11 is 0. The largest absolute Gasteiger partial charge is 0.350 e. The highest BCUT2D eigenvalue weighted by Gasteiger charge is 2.39. The highest BCUT2D eigenvalue weighted by atomic mass is 32.2. The third kappa shape index (κ3) is 7.92. The molecule has 1 heterocycles. The molecule has 1 aliphatic carbocycles. The molecule has 0 radical (unpaired) electrons. The normalized spacial score (nSPS) is 19.5. The van der Waals surface area contributed by atoms with Gasteiger partial charge in [-0.2, -0.15) is 0 Å². The van der Waals surface area contributed by atoms with Gasteiger partial charge in [0, 0.05) is 6.54 Å². The van der Waals surface area contributed by atoms with Crippen molar-refractivity contribution in [2.45, 2.75) is 82.0 Å². The number of hydrogen-bond acceptors (Lipinski definition) is 6. The number of unbranched alkanes of at least 4 members (excludes halogenated alkanes) is 3. The maximum Gasteiger partial charge on any atom is 0.256 e. The van der Waals surface area contributed by atoms with Crippen molar-refractivity contribution in [3.05, 3.63) is 12.2 Å². The van der Waals surface area contributed by atoms with Crippen LogP contribution >= 0.6 is 0 Å². The van der Waals surface area contributed by atoms with E-state index in [2.05, 4.69) is 22.3 Å². The van der Waals surface area contributed by atoms with Crippen molar-refractivity contribution in [3.8, 4) is 0 Å². The molecule has 4 amide bonds. The second-order valence-corrected chi connectivity index (χ2v) is 10.2. The summed E-state index contributed by atoms with van der Waals surface area (Å²) in [6.45, 7) is 2.27. The van der Waals surface area contributed by atoms with E-state index < -0.39 is 39.2 Å². The molecule has 0 aromatic heterocycles. The number of nitrogens with zero attached hydrogens (tertiary/aromatic N) is 1. The first-order valence-electron chi connectivity index (χ1n) is 11.3. The zero-order chi connectivity index (χ0) is 23.6. The first-order valence-corrected chi connectivity index (χ1v) is 12.8. The van der Waals surface area contributed by atoms with Crippen LogP contribution in [0.3, 0.4) is 0 Å². The molecular formula is C21H34N4O6S. The van der Waals surface area contributed by atoms with E-state index in [1.807, 2.05) is 6.08 Å². The van der Waals surface area contributed by atoms with Crippen LogP contribution in [0.4, 0.5) is 0 Å². The Balaban J connectivity index is 2.03. The lowest BCUT2D eigenvalue weighted by Gasteiger charge is -2.26. The Morgan fingerprint density at radius 3 is 2.53 bits per heavy atom. The van der Waals surface area contributed by atoms with E-state index in [0.717, 1.165) is 25.7 Å². The van der Waals surface area contributed by atoms with Gasteiger partial charge in [-0.1, -0.05) is 31.9 Å². The summed E-state index contributed by atoms with van der Waals surface area (Å²) in [5.74, 6) is -1.67. The van der Waals surface area contributed by atoms with Crippen LogP contribution in [-0.2, 0) is 29.2 Å². The maximum atomic E-state index is 12.9. The fraction of sp³-hybridized carbons (Fsp3) is 0.714. The highest BCUT2D eigenvalue weighted by Crippen LogP contribution is 2.27. The Hall–Kier alpha value is -2.43. The molecule has 10 nitrogen and oxygen atoms in total. The van der Waals surface area contributed by atoms with Gasteiger partial charge in [-0.15, -0.1) is 0 Å². The van der Waals surface area contributed by atoms with Crippen LogP contribution < -0.4 is 15.4 Å². The molecule has 3 N–H and O–H groups in total. The molecule has 0 aromatic carbocycles. The zero-order valence-corrected chi connectivity index (χ0v) is 19.4. The Labute approximate surface area is 189 Å². The molecule has 11 heteroatoms. The van der Waals surface area contributed by atoms with Gasteiger partial charge in [0.25, 0.3) is 5.91 Å². The van der Waals surface area contributed by atoms with E-state index >= 15 is 0 Å². The van der Waals surface area contributed by atoms with Gasteiger partial charge < -0.3 is 15.5 Å². The minimum absolute atomic E-state index is 0.150. The predicted octanol–water partition coefficient (Wildman–Crippen LogP) is 0.343. The molecule has 0 bridgehead atoms. The quantitative estimate of drug-likeness (QED) is 0.190. The minimum atomic E-state index is -3.74. The zero-order valence-electron chi connectivity index (χ0n) is 18.5. The van der Waals surface area contributed by atoms with E-state index in [1.54, 1.807) is 6.08 Å². The lowest BCUT2D eigenvalue weighted by molar-refractivity contribution is -0.139. The molecule has 2 aliphatic rings. The van der Waals surface area contributed by atoms with Crippen LogP contribution in [-0.4, -0.2) is 67.9 Å². The van der Waals surface area contributed by atoms with Gasteiger partial charge in [-0.3, -0.25) is 23.9 Å². The molecule has 2 fully saturated rings. The van der Waals surface area contributed by atoms with Gasteiger partial charge in [0.05, 0.1) is 11.8 Å². The highest BCUT2D eigenvalue weighted by molar-refractivity contribution is 7.90. The summed E-state index contributed by atoms with van der Waals surface area (Å²) in [7, 11) is -3.74. The standard InChI is InChI=1S/C21H34N4O6S/c1-2-3-4-5-6-7-9-17(20(28)24-32(30,31)16-11-12-16)23-21(29)18-10-8-13-25(18)19(27)14-22-15-26/h6-7,15-18H,2-5,8-14H2,1H3,(H,22,26)(H,23,29)(H,24,28)/b7-6-/t17?,18-/m0/s1. The third-order valence-corrected chi connectivity index (χ3v) is 7.40. The summed E-state index contributed by atoms with van der Waals surface area (Å²) in [6, 6.07) is -1.83. The molecule has 2 atom stereocenters. The molecule has 2 rings (SSSR count). The second kappa shape index (κ2) is 12.6. The maximum absolute atomic E-state index is 12.9. The van der Waals surface area contributed by atoms with Crippen molar-refractivity contribution in [1.29, 1.82) is 0 Å². The van der Waals surface area contributed by atoms with Gasteiger partial charge in [-0.25, -0.2) is 8.42 Å². The van der Waals surface area contributed by atoms with Gasteiger partial charge in [-0.05, 0) is 44.9 Å². The van der Waals surface area contributed by atoms with Gasteiger partial charge in [0.2, 0.25) is 28.2 Å². The summed E-state index contributed by atoms with van der Waals surface area (Å²) < 4.78 is 26.5. The van der Waals surface area contributed by atoms with E-state index in [-0.39, 0.29) is 18.9 Å². The first-order chi connectivity index (χ1) is 15.3. The van der Waals surface area contributed by atoms with Crippen molar-refractivity contribution in [2.75, 3.05) is 13.1 Å². The summed E-state index contributed by atoms with van der Waals surface area (Å²) in [5.41, 5.74) is 0. The van der Waals surface area contributed by atoms with Crippen molar-refractivity contribution in [3.63, 3.8) is 0 Å². The fourth-order valence-corrected chi connectivity index (χ4v) is 4.95. The average molecular weight is 471 g/mol. The summed E-state index contributed by atoms with van der Waals surface area (Å²) in [6.07, 6.45) is 10.4. The summed E-state index contributed by atoms with van der Waals surface area (Å²) in [4.78, 5) is 49.7. The topological polar surface area (TPSA) is 142 Å². The van der Waals surface area contributed by atoms with E-state index in [9.17, 15) is 27.6 Å². The molecule has 0 aromatic rings. The number of hydrogen-bond donors (Lipinski definition) is 3. The summed E-state index contributed by atoms with van der Waals surface area (Å²) in [5, 5.41) is 4.37. The van der Waals surface area contributed by atoms with Crippen LogP contribution in [0.25, 0.3) is 0 Å². The number of likely N-dealkylation sites (tertiary alicyclic amines) is 1. The molecule has 1 saturated carbocycles. The van der Waals surface area contributed by atoms with Crippen LogP contribution in [0.2, 0.25) is 0 Å². The van der Waals surface area contributed by atoms with Gasteiger partial charge in [0.1, 0.15) is 12.1 Å². The minimum Gasteiger partial charge on any atom is -0.350 e. The number of carbonyl (C=O) groups excluding carboxylic acids is 4. The van der Waals surface area contributed by atoms with Crippen molar-refractivity contribution >= 4 is 34.2 Å². The SMILES string of the molecule is CCCCC/C=C\CC(NC(=O)[C@@H]1CCCN1C(=O)CNC=O)C(=O)NS(=O)(=O)C1CC1. The smallest absolute Gasteiger partial charge is 0.256 e. The molecule has 1 saturated heterocycles. The molecule has 1 unspecified atom stereocenters. The first kappa shape index (κ1) is 25.8. The van der Waals surface area contributed by atoms with Crippen LogP contribution in [0, 0.1) is 0 Å². The van der Waals surface area contributed by atoms with Crippen molar-refractivity contribution < 1.29 is 27.6 Å². The second-order valence-electron chi connectivity index (χ2n) is 8.22. The lowest BCUT2D eigenvalue weighted by Crippen LogP contribution is -2.54. The van der Waals surface area contributed by atoms with Crippen LogP contribution in [0.1, 0.15) is 64.7 Å². The number of allylic oxidation sites excluding steroid dienone is 1. The average Bonchev–Trinajstić information content (AvgIpc) is 3.51. The van der Waals surface area contributed by atoms with Crippen LogP contribution in [0.5, 0.6) is 0 Å². The Morgan fingerprint density at radius 2 is 1.88 bits per heavy atom. The fourth-order valence-electron chi connectivity index (χ4n) is 3.60. The number of rotatable bonds is 14. The number of carbonyl (C=O) groups is 4. The van der Waals surface area contributed by atoms with E-state index in [0.29, 0.717) is 38.6 Å². The molecule has 1 aliphatic heterocycles. The Bertz CT molecular complexity index is 809. The molecule has 32 heavy (non-hydrogen) atoms. The number of sulfonamides is 1. The molecule has 0 spiro atoms. The predicted molar refractivity (Wildman–Crippen MR) is 119 cm³/mol. The molecular weight excluding hydrogens is 436 g/mol. The molecule has 180 valence electrons. The number of amides is 4. The van der Waals surface area contributed by atoms with Gasteiger partial charge >= 0.3 is 0 Å². The van der Waals surface area contributed by atoms with E-state index in [4.69, 9.17) is 0 Å². The van der Waals surface area contributed by atoms with Crippen LogP contribution in [0.15, 0.2) is 12.2 Å². The Morgan fingerprint density at radius 1 is 1.12 bits per heavy atom. The third-order valence-electron chi connectivity index (χ3n) is 5.56. The lowest BCUT2D eigenvalue weighted by atomic mass is 10.1. The van der Waals surface area contributed by atoms with E-state index in [1.165, 1.54) is 4.90 Å². The van der Waals surface area contributed by atoms with Gasteiger partial charge in [0.15, 0.2) is 0 Å². The van der Waals surface area contributed by atoms with Crippen molar-refractivity contribution in [1.82, 2.24) is 20.3 Å².